The highest BCUT2D eigenvalue weighted by Gasteiger charge is 2.26. The van der Waals surface area contributed by atoms with Crippen molar-refractivity contribution in [2.45, 2.75) is 64.8 Å². The lowest BCUT2D eigenvalue weighted by Crippen LogP contribution is -2.29. The Bertz CT molecular complexity index is 337. The normalized spacial score (nSPS) is 19.7. The molecule has 0 bridgehead atoms. The number of nitrogens with one attached hydrogen (secondary N) is 1. The van der Waals surface area contributed by atoms with Gasteiger partial charge in [0, 0.05) is 0 Å². The average Bonchev–Trinajstić information content (AvgIpc) is 2.65. The zero-order valence-electron chi connectivity index (χ0n) is 11.9. The van der Waals surface area contributed by atoms with Crippen LogP contribution in [-0.4, -0.2) is 6.54 Å². The molecular formula is C16H27NO. The smallest absolute Gasteiger partial charge is 0.123 e. The Morgan fingerprint density at radius 3 is 2.56 bits per heavy atom. The van der Waals surface area contributed by atoms with Crippen LogP contribution in [0, 0.1) is 12.8 Å². The molecule has 1 fully saturated rings. The lowest BCUT2D eigenvalue weighted by atomic mass is 9.89. The standard InChI is InChI=1S/C16H27NO/c1-3-11-17-15(16-13(2)10-12-18-16)14-8-6-4-5-7-9-14/h10,12,14-15,17H,3-9,11H2,1-2H3. The van der Waals surface area contributed by atoms with Crippen molar-refractivity contribution in [1.29, 1.82) is 0 Å². The Morgan fingerprint density at radius 2 is 2.00 bits per heavy atom. The van der Waals surface area contributed by atoms with Gasteiger partial charge in [0.25, 0.3) is 0 Å². The quantitative estimate of drug-likeness (QED) is 0.771. The predicted octanol–water partition coefficient (Wildman–Crippen LogP) is 4.60. The van der Waals surface area contributed by atoms with Gasteiger partial charge in [-0.2, -0.15) is 0 Å². The zero-order chi connectivity index (χ0) is 12.8. The van der Waals surface area contributed by atoms with Crippen molar-refractivity contribution in [3.8, 4) is 0 Å². The van der Waals surface area contributed by atoms with Crippen LogP contribution in [-0.2, 0) is 0 Å². The minimum absolute atomic E-state index is 0.429. The minimum Gasteiger partial charge on any atom is -0.467 e. The number of aryl methyl sites for hydroxylation is 1. The second kappa shape index (κ2) is 6.98. The van der Waals surface area contributed by atoms with Crippen LogP contribution >= 0.6 is 0 Å². The molecule has 1 aromatic heterocycles. The number of hydrogen-bond acceptors (Lipinski definition) is 2. The molecule has 1 heterocycles. The van der Waals surface area contributed by atoms with Crippen LogP contribution in [0.15, 0.2) is 16.7 Å². The molecule has 102 valence electrons. The fourth-order valence-corrected chi connectivity index (χ4v) is 3.12. The zero-order valence-corrected chi connectivity index (χ0v) is 11.9. The predicted molar refractivity (Wildman–Crippen MR) is 75.7 cm³/mol. The van der Waals surface area contributed by atoms with E-state index in [2.05, 4.69) is 25.2 Å². The summed E-state index contributed by atoms with van der Waals surface area (Å²) in [4.78, 5) is 0. The number of furan rings is 1. The van der Waals surface area contributed by atoms with E-state index in [4.69, 9.17) is 4.42 Å². The van der Waals surface area contributed by atoms with Crippen molar-refractivity contribution in [2.24, 2.45) is 5.92 Å². The maximum Gasteiger partial charge on any atom is 0.123 e. The fourth-order valence-electron chi connectivity index (χ4n) is 3.12. The third-order valence-electron chi connectivity index (χ3n) is 4.17. The summed E-state index contributed by atoms with van der Waals surface area (Å²) in [6.45, 7) is 5.48. The summed E-state index contributed by atoms with van der Waals surface area (Å²) >= 11 is 0. The average molecular weight is 249 g/mol. The van der Waals surface area contributed by atoms with Gasteiger partial charge in [-0.3, -0.25) is 0 Å². The topological polar surface area (TPSA) is 25.2 Å². The molecule has 18 heavy (non-hydrogen) atoms. The van der Waals surface area contributed by atoms with E-state index in [1.165, 1.54) is 56.3 Å². The Labute approximate surface area is 111 Å². The lowest BCUT2D eigenvalue weighted by Gasteiger charge is -2.26. The van der Waals surface area contributed by atoms with Gasteiger partial charge >= 0.3 is 0 Å². The highest BCUT2D eigenvalue weighted by molar-refractivity contribution is 5.19. The summed E-state index contributed by atoms with van der Waals surface area (Å²) in [5, 5.41) is 3.72. The van der Waals surface area contributed by atoms with Crippen LogP contribution in [0.2, 0.25) is 0 Å². The van der Waals surface area contributed by atoms with Crippen LogP contribution in [0.25, 0.3) is 0 Å². The molecule has 2 nitrogen and oxygen atoms in total. The van der Waals surface area contributed by atoms with E-state index in [-0.39, 0.29) is 0 Å². The van der Waals surface area contributed by atoms with Crippen LogP contribution in [0.4, 0.5) is 0 Å². The molecule has 1 unspecified atom stereocenters. The van der Waals surface area contributed by atoms with Gasteiger partial charge in [-0.1, -0.05) is 32.6 Å². The molecule has 0 aromatic carbocycles. The molecule has 2 heteroatoms. The Balaban J connectivity index is 2.10. The van der Waals surface area contributed by atoms with Crippen molar-refractivity contribution >= 4 is 0 Å². The molecule has 1 aliphatic rings. The van der Waals surface area contributed by atoms with Crippen LogP contribution < -0.4 is 5.32 Å². The summed E-state index contributed by atoms with van der Waals surface area (Å²) in [6.07, 6.45) is 11.3. The van der Waals surface area contributed by atoms with Gasteiger partial charge in [-0.05, 0) is 50.3 Å². The van der Waals surface area contributed by atoms with E-state index in [1.807, 2.05) is 6.26 Å². The van der Waals surface area contributed by atoms with Gasteiger partial charge in [0.05, 0.1) is 12.3 Å². The molecular weight excluding hydrogens is 222 g/mol. The van der Waals surface area contributed by atoms with E-state index < -0.39 is 0 Å². The molecule has 0 radical (unpaired) electrons. The number of rotatable bonds is 5. The van der Waals surface area contributed by atoms with E-state index in [0.717, 1.165) is 12.5 Å². The molecule has 0 spiro atoms. The largest absolute Gasteiger partial charge is 0.467 e. The van der Waals surface area contributed by atoms with Crippen molar-refractivity contribution in [3.05, 3.63) is 23.7 Å². The van der Waals surface area contributed by atoms with E-state index in [0.29, 0.717) is 6.04 Å². The van der Waals surface area contributed by atoms with Crippen LogP contribution in [0.3, 0.4) is 0 Å². The second-order valence-corrected chi connectivity index (χ2v) is 5.65. The maximum absolute atomic E-state index is 5.76. The molecule has 0 aliphatic heterocycles. The molecule has 1 N–H and O–H groups in total. The fraction of sp³-hybridized carbons (Fsp3) is 0.750. The Hall–Kier alpha value is -0.760. The van der Waals surface area contributed by atoms with Crippen molar-refractivity contribution in [2.75, 3.05) is 6.54 Å². The maximum atomic E-state index is 5.76. The first kappa shape index (κ1) is 13.7. The summed E-state index contributed by atoms with van der Waals surface area (Å²) in [5.74, 6) is 1.93. The lowest BCUT2D eigenvalue weighted by molar-refractivity contribution is 0.282. The van der Waals surface area contributed by atoms with E-state index in [1.54, 1.807) is 0 Å². The van der Waals surface area contributed by atoms with Crippen molar-refractivity contribution in [1.82, 2.24) is 5.32 Å². The first-order valence-electron chi connectivity index (χ1n) is 7.60. The molecule has 1 aromatic rings. The molecule has 2 rings (SSSR count). The van der Waals surface area contributed by atoms with Crippen LogP contribution in [0.1, 0.15) is 69.2 Å². The molecule has 1 atom stereocenters. The van der Waals surface area contributed by atoms with Crippen molar-refractivity contribution < 1.29 is 4.42 Å². The van der Waals surface area contributed by atoms with E-state index in [9.17, 15) is 0 Å². The summed E-state index contributed by atoms with van der Waals surface area (Å²) in [5.41, 5.74) is 1.30. The van der Waals surface area contributed by atoms with Gasteiger partial charge in [0.15, 0.2) is 0 Å². The molecule has 1 aliphatic carbocycles. The SMILES string of the molecule is CCCNC(c1occc1C)C1CCCCCC1. The summed E-state index contributed by atoms with van der Waals surface area (Å²) in [6, 6.07) is 2.52. The monoisotopic (exact) mass is 249 g/mol. The third kappa shape index (κ3) is 3.38. The third-order valence-corrected chi connectivity index (χ3v) is 4.17. The molecule has 0 saturated heterocycles. The van der Waals surface area contributed by atoms with E-state index >= 15 is 0 Å². The van der Waals surface area contributed by atoms with Crippen LogP contribution in [0.5, 0.6) is 0 Å². The number of hydrogen-bond donors (Lipinski definition) is 1. The highest BCUT2D eigenvalue weighted by Crippen LogP contribution is 2.35. The summed E-state index contributed by atoms with van der Waals surface area (Å²) < 4.78 is 5.76. The van der Waals surface area contributed by atoms with Gasteiger partial charge in [-0.15, -0.1) is 0 Å². The van der Waals surface area contributed by atoms with Gasteiger partial charge in [0.2, 0.25) is 0 Å². The van der Waals surface area contributed by atoms with Crippen molar-refractivity contribution in [3.63, 3.8) is 0 Å². The first-order valence-corrected chi connectivity index (χ1v) is 7.60. The highest BCUT2D eigenvalue weighted by atomic mass is 16.3. The first-order chi connectivity index (χ1) is 8.83. The Kier molecular flexibility index (Phi) is 5.30. The van der Waals surface area contributed by atoms with Gasteiger partial charge < -0.3 is 9.73 Å². The minimum atomic E-state index is 0.429. The van der Waals surface area contributed by atoms with Gasteiger partial charge in [0.1, 0.15) is 5.76 Å². The molecule has 1 saturated carbocycles. The second-order valence-electron chi connectivity index (χ2n) is 5.65. The van der Waals surface area contributed by atoms with Gasteiger partial charge in [-0.25, -0.2) is 0 Å². The Morgan fingerprint density at radius 1 is 1.28 bits per heavy atom. The molecule has 0 amide bonds. The summed E-state index contributed by atoms with van der Waals surface area (Å²) in [7, 11) is 0.